The molecule has 0 radical (unpaired) electrons. The van der Waals surface area contributed by atoms with Crippen molar-refractivity contribution in [3.8, 4) is 0 Å². The maximum absolute atomic E-state index is 13.1. The molecule has 2 heterocycles. The molecule has 0 aromatic heterocycles. The van der Waals surface area contributed by atoms with Gasteiger partial charge in [0.05, 0.1) is 17.3 Å². The smallest absolute Gasteiger partial charge is 0.238 e. The molecule has 7 heteroatoms. The molecule has 0 bridgehead atoms. The van der Waals surface area contributed by atoms with Gasteiger partial charge in [0.2, 0.25) is 11.8 Å². The third-order valence-electron chi connectivity index (χ3n) is 6.88. The number of piperazine rings is 1. The van der Waals surface area contributed by atoms with Crippen LogP contribution in [0.3, 0.4) is 0 Å². The van der Waals surface area contributed by atoms with Gasteiger partial charge in [0.15, 0.2) is 0 Å². The maximum Gasteiger partial charge on any atom is 0.238 e. The summed E-state index contributed by atoms with van der Waals surface area (Å²) < 4.78 is 0. The fraction of sp³-hybridized carbons (Fsp3) is 0.462. The predicted octanol–water partition coefficient (Wildman–Crippen LogP) is 3.96. The molecule has 0 unspecified atom stereocenters. The van der Waals surface area contributed by atoms with Crippen molar-refractivity contribution in [2.75, 3.05) is 56.0 Å². The molecule has 2 aromatic rings. The van der Waals surface area contributed by atoms with Gasteiger partial charge in [-0.3, -0.25) is 14.5 Å². The lowest BCUT2D eigenvalue weighted by Gasteiger charge is -2.39. The number of likely N-dealkylation sites (tertiary alicyclic amines) is 1. The highest BCUT2D eigenvalue weighted by atomic mass is 35.5. The molecule has 33 heavy (non-hydrogen) atoms. The second kappa shape index (κ2) is 10.6. The molecule has 0 saturated carbocycles. The number of benzene rings is 2. The van der Waals surface area contributed by atoms with E-state index in [0.717, 1.165) is 68.5 Å². The lowest BCUT2D eigenvalue weighted by Crippen LogP contribution is -2.52. The van der Waals surface area contributed by atoms with Crippen molar-refractivity contribution < 1.29 is 9.59 Å². The van der Waals surface area contributed by atoms with Crippen LogP contribution in [0.1, 0.15) is 24.0 Å². The van der Waals surface area contributed by atoms with Crippen LogP contribution in [0.5, 0.6) is 0 Å². The third kappa shape index (κ3) is 5.87. The van der Waals surface area contributed by atoms with Crippen molar-refractivity contribution in [1.82, 2.24) is 9.80 Å². The summed E-state index contributed by atoms with van der Waals surface area (Å²) >= 11 is 6.33. The summed E-state index contributed by atoms with van der Waals surface area (Å²) in [6.07, 6.45) is 1.61. The van der Waals surface area contributed by atoms with Crippen molar-refractivity contribution >= 4 is 34.8 Å². The van der Waals surface area contributed by atoms with Crippen molar-refractivity contribution in [3.63, 3.8) is 0 Å². The largest absolute Gasteiger partial charge is 0.367 e. The van der Waals surface area contributed by atoms with Crippen molar-refractivity contribution in [3.05, 3.63) is 58.6 Å². The number of piperidine rings is 1. The van der Waals surface area contributed by atoms with Gasteiger partial charge < -0.3 is 15.1 Å². The minimum absolute atomic E-state index is 0.00118. The molecule has 0 spiro atoms. The van der Waals surface area contributed by atoms with Crippen LogP contribution < -0.4 is 10.2 Å². The number of nitrogens with zero attached hydrogens (tertiary/aromatic N) is 3. The second-order valence-corrected chi connectivity index (χ2v) is 9.57. The minimum Gasteiger partial charge on any atom is -0.367 e. The number of amides is 2. The lowest BCUT2D eigenvalue weighted by atomic mass is 9.95. The molecule has 0 atom stereocenters. The van der Waals surface area contributed by atoms with Gasteiger partial charge in [0, 0.05) is 37.8 Å². The number of para-hydroxylation sites is 1. The highest BCUT2D eigenvalue weighted by Crippen LogP contribution is 2.27. The summed E-state index contributed by atoms with van der Waals surface area (Å²) in [5.74, 6) is 0.308. The van der Waals surface area contributed by atoms with Crippen molar-refractivity contribution in [2.24, 2.45) is 5.92 Å². The van der Waals surface area contributed by atoms with Crippen LogP contribution in [0.25, 0.3) is 0 Å². The van der Waals surface area contributed by atoms with E-state index in [-0.39, 0.29) is 17.7 Å². The van der Waals surface area contributed by atoms with E-state index in [4.69, 9.17) is 11.6 Å². The Balaban J connectivity index is 1.21. The normalized spacial score (nSPS) is 17.8. The first kappa shape index (κ1) is 23.6. The molecular formula is C26H33ClN4O2. The Bertz CT molecular complexity index is 996. The number of halogens is 1. The van der Waals surface area contributed by atoms with Gasteiger partial charge in [-0.15, -0.1) is 0 Å². The van der Waals surface area contributed by atoms with Gasteiger partial charge in [-0.05, 0) is 75.2 Å². The zero-order valence-corrected chi connectivity index (χ0v) is 20.3. The summed E-state index contributed by atoms with van der Waals surface area (Å²) in [6.45, 7) is 9.07. The summed E-state index contributed by atoms with van der Waals surface area (Å²) in [6, 6.07) is 13.8. The Morgan fingerprint density at radius 2 is 1.64 bits per heavy atom. The fourth-order valence-corrected chi connectivity index (χ4v) is 4.95. The van der Waals surface area contributed by atoms with Crippen LogP contribution in [-0.2, 0) is 9.59 Å². The first-order valence-corrected chi connectivity index (χ1v) is 12.2. The molecule has 1 N–H and O–H groups in total. The molecule has 2 saturated heterocycles. The predicted molar refractivity (Wildman–Crippen MR) is 134 cm³/mol. The molecule has 2 fully saturated rings. The quantitative estimate of drug-likeness (QED) is 0.721. The van der Waals surface area contributed by atoms with Crippen LogP contribution in [0.4, 0.5) is 11.4 Å². The van der Waals surface area contributed by atoms with Gasteiger partial charge in [-0.2, -0.15) is 0 Å². The summed E-state index contributed by atoms with van der Waals surface area (Å²) in [5, 5.41) is 3.75. The number of nitrogens with one attached hydrogen (secondary N) is 1. The van der Waals surface area contributed by atoms with E-state index in [1.54, 1.807) is 0 Å². The highest BCUT2D eigenvalue weighted by molar-refractivity contribution is 6.33. The number of aryl methyl sites for hydroxylation is 2. The van der Waals surface area contributed by atoms with Crippen LogP contribution in [0, 0.1) is 19.8 Å². The average molecular weight is 469 g/mol. The molecule has 6 nitrogen and oxygen atoms in total. The zero-order valence-electron chi connectivity index (χ0n) is 19.5. The van der Waals surface area contributed by atoms with E-state index in [1.165, 1.54) is 11.1 Å². The van der Waals surface area contributed by atoms with Gasteiger partial charge in [-0.1, -0.05) is 29.8 Å². The summed E-state index contributed by atoms with van der Waals surface area (Å²) in [4.78, 5) is 31.9. The fourth-order valence-electron chi connectivity index (χ4n) is 4.69. The minimum atomic E-state index is -0.00118. The van der Waals surface area contributed by atoms with Crippen LogP contribution in [-0.4, -0.2) is 67.4 Å². The van der Waals surface area contributed by atoms with E-state index >= 15 is 0 Å². The van der Waals surface area contributed by atoms with E-state index in [2.05, 4.69) is 22.0 Å². The van der Waals surface area contributed by atoms with E-state index < -0.39 is 0 Å². The summed E-state index contributed by atoms with van der Waals surface area (Å²) in [5.41, 5.74) is 4.26. The molecule has 4 rings (SSSR count). The van der Waals surface area contributed by atoms with Crippen LogP contribution >= 0.6 is 11.6 Å². The van der Waals surface area contributed by atoms with Crippen LogP contribution in [0.2, 0.25) is 5.02 Å². The van der Waals surface area contributed by atoms with Gasteiger partial charge in [-0.25, -0.2) is 0 Å². The molecule has 2 aromatic carbocycles. The third-order valence-corrected chi connectivity index (χ3v) is 7.20. The first-order chi connectivity index (χ1) is 15.9. The molecule has 2 aliphatic rings. The monoisotopic (exact) mass is 468 g/mol. The van der Waals surface area contributed by atoms with Gasteiger partial charge in [0.25, 0.3) is 0 Å². The Hall–Kier alpha value is -2.57. The molecule has 176 valence electrons. The van der Waals surface area contributed by atoms with Crippen LogP contribution in [0.15, 0.2) is 42.5 Å². The molecule has 0 aliphatic carbocycles. The number of rotatable bonds is 5. The van der Waals surface area contributed by atoms with Gasteiger partial charge in [0.1, 0.15) is 0 Å². The Labute approximate surface area is 201 Å². The zero-order chi connectivity index (χ0) is 23.4. The maximum atomic E-state index is 13.1. The SMILES string of the molecule is Cc1ccc(NC(=O)CN2CCC(C(=O)N3CCN(c4ccccc4Cl)CC3)CC2)cc1C. The van der Waals surface area contributed by atoms with E-state index in [0.29, 0.717) is 6.54 Å². The topological polar surface area (TPSA) is 55.9 Å². The van der Waals surface area contributed by atoms with E-state index in [1.807, 2.05) is 54.3 Å². The van der Waals surface area contributed by atoms with Crippen molar-refractivity contribution in [1.29, 1.82) is 0 Å². The lowest BCUT2D eigenvalue weighted by molar-refractivity contribution is -0.137. The van der Waals surface area contributed by atoms with E-state index in [9.17, 15) is 9.59 Å². The number of hydrogen-bond donors (Lipinski definition) is 1. The Morgan fingerprint density at radius 1 is 0.939 bits per heavy atom. The molecular weight excluding hydrogens is 436 g/mol. The molecule has 2 amide bonds. The number of hydrogen-bond acceptors (Lipinski definition) is 4. The first-order valence-electron chi connectivity index (χ1n) is 11.8. The number of carbonyl (C=O) groups is 2. The average Bonchev–Trinajstić information content (AvgIpc) is 2.82. The molecule has 2 aliphatic heterocycles. The Kier molecular flexibility index (Phi) is 7.56. The van der Waals surface area contributed by atoms with Crippen molar-refractivity contribution in [2.45, 2.75) is 26.7 Å². The standard InChI is InChI=1S/C26H33ClN4O2/c1-19-7-8-22(17-20(19)2)28-25(32)18-29-11-9-21(10-12-29)26(33)31-15-13-30(14-16-31)24-6-4-3-5-23(24)27/h3-8,17,21H,9-16,18H2,1-2H3,(H,28,32). The van der Waals surface area contributed by atoms with Gasteiger partial charge >= 0.3 is 0 Å². The number of anilines is 2. The highest BCUT2D eigenvalue weighted by Gasteiger charge is 2.31. The second-order valence-electron chi connectivity index (χ2n) is 9.16. The number of carbonyl (C=O) groups excluding carboxylic acids is 2. The Morgan fingerprint density at radius 3 is 2.30 bits per heavy atom. The summed E-state index contributed by atoms with van der Waals surface area (Å²) in [7, 11) is 0.